The van der Waals surface area contributed by atoms with Crippen LogP contribution >= 0.6 is 0 Å². The lowest BCUT2D eigenvalue weighted by Crippen LogP contribution is -2.37. The van der Waals surface area contributed by atoms with Crippen LogP contribution in [0.3, 0.4) is 0 Å². The first kappa shape index (κ1) is 24.8. The van der Waals surface area contributed by atoms with Crippen LogP contribution in [0.5, 0.6) is 0 Å². The number of aromatic nitrogens is 2. The van der Waals surface area contributed by atoms with Crippen molar-refractivity contribution in [1.82, 2.24) is 9.55 Å². The minimum Gasteiger partial charge on any atom is -0.322 e. The Hall–Kier alpha value is -2.22. The van der Waals surface area contributed by atoms with Crippen LogP contribution in [-0.4, -0.2) is 15.3 Å². The highest BCUT2D eigenvalue weighted by Crippen LogP contribution is 2.41. The van der Waals surface area contributed by atoms with E-state index in [9.17, 15) is 9.18 Å². The van der Waals surface area contributed by atoms with Gasteiger partial charge in [-0.2, -0.15) is 5.26 Å². The second-order valence-electron chi connectivity index (χ2n) is 8.91. The second-order valence-corrected chi connectivity index (χ2v) is 8.91. The summed E-state index contributed by atoms with van der Waals surface area (Å²) >= 11 is 0. The third kappa shape index (κ3) is 6.13. The molecule has 0 spiro atoms. The van der Waals surface area contributed by atoms with Crippen molar-refractivity contribution in [3.05, 3.63) is 29.3 Å². The van der Waals surface area contributed by atoms with Crippen LogP contribution in [0.2, 0.25) is 0 Å². The number of benzene rings is 1. The third-order valence-corrected chi connectivity index (χ3v) is 5.12. The topological polar surface area (TPSA) is 58.7 Å². The number of carbonyl (C=O) groups is 1. The molecule has 0 saturated heterocycles. The molecule has 0 radical (unpaired) electrons. The molecule has 2 aromatic rings. The molecule has 1 aliphatic carbocycles. The summed E-state index contributed by atoms with van der Waals surface area (Å²) in [5, 5.41) is 8.93. The number of Topliss-reactive ketones (excluding diaryl/α,β-unsaturated/α-hetero) is 1. The molecule has 0 bridgehead atoms. The monoisotopic (exact) mass is 401 g/mol. The molecule has 0 amide bonds. The molecule has 1 saturated carbocycles. The van der Waals surface area contributed by atoms with Crippen molar-refractivity contribution in [2.24, 2.45) is 5.41 Å². The van der Waals surface area contributed by atoms with Gasteiger partial charge in [0.2, 0.25) is 0 Å². The van der Waals surface area contributed by atoms with Crippen LogP contribution < -0.4 is 0 Å². The van der Waals surface area contributed by atoms with E-state index in [2.05, 4.69) is 37.2 Å². The standard InChI is InChI=1S/C14H14FN3.C8H16O.C2H6/c1-9-17-12-7-11(15)10(8-16)6-13(12)18(9)14(2)4-3-5-14;1-5-7(9)6-8(2,3)4;1-2/h6-7H,3-5H2,1-2H3;5-6H2,1-4H3;1-2H3. The van der Waals surface area contributed by atoms with Gasteiger partial charge in [0.25, 0.3) is 0 Å². The van der Waals surface area contributed by atoms with Crippen LogP contribution in [0.1, 0.15) is 92.0 Å². The molecule has 0 N–H and O–H groups in total. The zero-order valence-electron chi connectivity index (χ0n) is 19.3. The van der Waals surface area contributed by atoms with Gasteiger partial charge in [0.05, 0.1) is 16.6 Å². The molecule has 0 aliphatic heterocycles. The molecule has 1 fully saturated rings. The van der Waals surface area contributed by atoms with Crippen LogP contribution in [0.15, 0.2) is 12.1 Å². The summed E-state index contributed by atoms with van der Waals surface area (Å²) in [6, 6.07) is 4.88. The van der Waals surface area contributed by atoms with Crippen LogP contribution in [0.25, 0.3) is 11.0 Å². The highest BCUT2D eigenvalue weighted by molar-refractivity contribution is 5.79. The van der Waals surface area contributed by atoms with E-state index in [1.54, 1.807) is 6.07 Å². The van der Waals surface area contributed by atoms with Gasteiger partial charge in [0, 0.05) is 24.4 Å². The molecule has 1 heterocycles. The summed E-state index contributed by atoms with van der Waals surface area (Å²) in [5.74, 6) is 0.762. The van der Waals surface area contributed by atoms with Crippen molar-refractivity contribution < 1.29 is 9.18 Å². The zero-order valence-corrected chi connectivity index (χ0v) is 19.3. The molecule has 0 atom stereocenters. The number of rotatable bonds is 3. The summed E-state index contributed by atoms with van der Waals surface area (Å²) < 4.78 is 15.7. The number of hydrogen-bond donors (Lipinski definition) is 0. The molecule has 1 aromatic carbocycles. The Kier molecular flexibility index (Phi) is 8.56. The van der Waals surface area contributed by atoms with Crippen molar-refractivity contribution in [2.45, 2.75) is 93.0 Å². The van der Waals surface area contributed by atoms with Crippen LogP contribution in [0, 0.1) is 29.5 Å². The maximum atomic E-state index is 13.6. The van der Waals surface area contributed by atoms with Gasteiger partial charge in [-0.25, -0.2) is 9.37 Å². The molecule has 29 heavy (non-hydrogen) atoms. The van der Waals surface area contributed by atoms with E-state index in [0.717, 1.165) is 24.2 Å². The van der Waals surface area contributed by atoms with Gasteiger partial charge in [0.1, 0.15) is 23.5 Å². The molecule has 1 aliphatic rings. The Morgan fingerprint density at radius 3 is 2.28 bits per heavy atom. The molecular formula is C24H36FN3O. The second kappa shape index (κ2) is 10.0. The number of carbonyl (C=O) groups excluding carboxylic acids is 1. The first-order chi connectivity index (χ1) is 13.5. The maximum absolute atomic E-state index is 13.6. The molecular weight excluding hydrogens is 365 g/mol. The fraction of sp³-hybridized carbons (Fsp3) is 0.625. The fourth-order valence-electron chi connectivity index (χ4n) is 3.61. The Bertz CT molecular complexity index is 880. The predicted octanol–water partition coefficient (Wildman–Crippen LogP) is 6.68. The van der Waals surface area contributed by atoms with E-state index in [-0.39, 0.29) is 16.5 Å². The number of imidazole rings is 1. The predicted molar refractivity (Wildman–Crippen MR) is 117 cm³/mol. The van der Waals surface area contributed by atoms with Crippen LogP contribution in [-0.2, 0) is 10.3 Å². The minimum absolute atomic E-state index is 0.0728. The molecule has 4 nitrogen and oxygen atoms in total. The Morgan fingerprint density at radius 2 is 1.90 bits per heavy atom. The number of fused-ring (bicyclic) bond motifs is 1. The average molecular weight is 402 g/mol. The SMILES string of the molecule is CC.CCC(=O)CC(C)(C)C.Cc1nc2cc(F)c(C#N)cc2n1C1(C)CCC1. The molecule has 3 rings (SSSR count). The number of nitriles is 1. The van der Waals surface area contributed by atoms with Gasteiger partial charge in [-0.3, -0.25) is 4.79 Å². The molecule has 0 unspecified atom stereocenters. The smallest absolute Gasteiger partial charge is 0.143 e. The van der Waals surface area contributed by atoms with Crippen molar-refractivity contribution >= 4 is 16.8 Å². The number of ketones is 1. The normalized spacial score (nSPS) is 14.6. The summed E-state index contributed by atoms with van der Waals surface area (Å²) in [6.07, 6.45) is 4.82. The van der Waals surface area contributed by atoms with Gasteiger partial charge in [-0.1, -0.05) is 41.5 Å². The van der Waals surface area contributed by atoms with E-state index in [4.69, 9.17) is 5.26 Å². The summed E-state index contributed by atoms with van der Waals surface area (Å²) in [6.45, 7) is 16.3. The first-order valence-electron chi connectivity index (χ1n) is 10.6. The lowest BCUT2D eigenvalue weighted by Gasteiger charge is -2.41. The van der Waals surface area contributed by atoms with E-state index in [0.29, 0.717) is 24.1 Å². The quantitative estimate of drug-likeness (QED) is 0.576. The lowest BCUT2D eigenvalue weighted by atomic mass is 9.78. The molecule has 5 heteroatoms. The van der Waals surface area contributed by atoms with Gasteiger partial charge in [-0.05, 0) is 44.6 Å². The highest BCUT2D eigenvalue weighted by Gasteiger charge is 2.36. The summed E-state index contributed by atoms with van der Waals surface area (Å²) in [7, 11) is 0. The largest absolute Gasteiger partial charge is 0.322 e. The van der Waals surface area contributed by atoms with E-state index in [1.807, 2.05) is 33.8 Å². The highest BCUT2D eigenvalue weighted by atomic mass is 19.1. The number of nitrogens with zero attached hydrogens (tertiary/aromatic N) is 3. The summed E-state index contributed by atoms with van der Waals surface area (Å²) in [5.41, 5.74) is 1.84. The Labute approximate surface area is 175 Å². The number of halogens is 1. The van der Waals surface area contributed by atoms with Gasteiger partial charge in [0.15, 0.2) is 0 Å². The van der Waals surface area contributed by atoms with Gasteiger partial charge in [-0.15, -0.1) is 0 Å². The zero-order chi connectivity index (χ0) is 22.4. The molecule has 1 aromatic heterocycles. The van der Waals surface area contributed by atoms with Crippen molar-refractivity contribution in [1.29, 1.82) is 5.26 Å². The Morgan fingerprint density at radius 1 is 1.31 bits per heavy atom. The third-order valence-electron chi connectivity index (χ3n) is 5.12. The van der Waals surface area contributed by atoms with Crippen molar-refractivity contribution in [2.75, 3.05) is 0 Å². The van der Waals surface area contributed by atoms with E-state index in [1.165, 1.54) is 12.5 Å². The first-order valence-corrected chi connectivity index (χ1v) is 10.6. The van der Waals surface area contributed by atoms with Crippen LogP contribution in [0.4, 0.5) is 4.39 Å². The fourth-order valence-corrected chi connectivity index (χ4v) is 3.61. The van der Waals surface area contributed by atoms with Crippen molar-refractivity contribution in [3.8, 4) is 6.07 Å². The molecule has 160 valence electrons. The van der Waals surface area contributed by atoms with Gasteiger partial charge < -0.3 is 4.57 Å². The van der Waals surface area contributed by atoms with E-state index >= 15 is 0 Å². The minimum atomic E-state index is -0.492. The number of aryl methyl sites for hydroxylation is 1. The average Bonchev–Trinajstić information content (AvgIpc) is 2.94. The van der Waals surface area contributed by atoms with Crippen molar-refractivity contribution in [3.63, 3.8) is 0 Å². The maximum Gasteiger partial charge on any atom is 0.143 e. The van der Waals surface area contributed by atoms with E-state index < -0.39 is 5.82 Å². The van der Waals surface area contributed by atoms with Gasteiger partial charge >= 0.3 is 0 Å². The lowest BCUT2D eigenvalue weighted by molar-refractivity contribution is -0.120. The summed E-state index contributed by atoms with van der Waals surface area (Å²) in [4.78, 5) is 15.2. The number of hydrogen-bond acceptors (Lipinski definition) is 3. The Balaban J connectivity index is 0.000000327.